The molecule has 0 spiro atoms. The number of rotatable bonds is 4. The van der Waals surface area contributed by atoms with E-state index in [1.807, 2.05) is 18.7 Å². The van der Waals surface area contributed by atoms with E-state index < -0.39 is 22.8 Å². The SMILES string of the molecule is CC1(C)CN(c2ccc(C#N)c(C(F)(F)F)c2)C(S)N1CCCO. The highest BCUT2D eigenvalue weighted by Gasteiger charge is 2.43. The van der Waals surface area contributed by atoms with Gasteiger partial charge in [0, 0.05) is 30.9 Å². The second kappa shape index (κ2) is 6.82. The lowest BCUT2D eigenvalue weighted by Crippen LogP contribution is -2.43. The van der Waals surface area contributed by atoms with Gasteiger partial charge in [0.25, 0.3) is 0 Å². The third-order valence-corrected chi connectivity index (χ3v) is 4.77. The Hall–Kier alpha value is -1.43. The van der Waals surface area contributed by atoms with E-state index in [4.69, 9.17) is 10.4 Å². The predicted molar refractivity (Wildman–Crippen MR) is 88.8 cm³/mol. The molecule has 1 unspecified atom stereocenters. The van der Waals surface area contributed by atoms with E-state index in [-0.39, 0.29) is 12.1 Å². The van der Waals surface area contributed by atoms with Crippen LogP contribution in [0, 0.1) is 11.3 Å². The van der Waals surface area contributed by atoms with Gasteiger partial charge in [-0.2, -0.15) is 18.4 Å². The van der Waals surface area contributed by atoms with Crippen LogP contribution in [0.4, 0.5) is 18.9 Å². The molecule has 8 heteroatoms. The number of thiol groups is 1. The molecular formula is C16H20F3N3OS. The fraction of sp³-hybridized carbons (Fsp3) is 0.562. The lowest BCUT2D eigenvalue weighted by molar-refractivity contribution is -0.137. The smallest absolute Gasteiger partial charge is 0.396 e. The molecule has 4 nitrogen and oxygen atoms in total. The van der Waals surface area contributed by atoms with Gasteiger partial charge in [-0.1, -0.05) is 0 Å². The zero-order valence-corrected chi connectivity index (χ0v) is 14.4. The van der Waals surface area contributed by atoms with Crippen molar-refractivity contribution in [3.05, 3.63) is 29.3 Å². The van der Waals surface area contributed by atoms with E-state index in [1.165, 1.54) is 12.1 Å². The monoisotopic (exact) mass is 359 g/mol. The van der Waals surface area contributed by atoms with E-state index in [9.17, 15) is 13.2 Å². The maximum atomic E-state index is 13.2. The van der Waals surface area contributed by atoms with Gasteiger partial charge in [0.2, 0.25) is 0 Å². The van der Waals surface area contributed by atoms with Crippen LogP contribution >= 0.6 is 12.6 Å². The molecule has 1 aromatic rings. The Kier molecular flexibility index (Phi) is 5.37. The van der Waals surface area contributed by atoms with Crippen LogP contribution in [-0.2, 0) is 6.18 Å². The molecule has 0 bridgehead atoms. The first-order valence-corrected chi connectivity index (χ1v) is 8.07. The van der Waals surface area contributed by atoms with Crippen LogP contribution in [-0.4, -0.2) is 40.7 Å². The minimum Gasteiger partial charge on any atom is -0.396 e. The molecule has 1 aliphatic rings. The number of nitrogens with zero attached hydrogens (tertiary/aromatic N) is 3. The number of alkyl halides is 3. The minimum absolute atomic E-state index is 0.0438. The first-order chi connectivity index (χ1) is 11.1. The molecule has 24 heavy (non-hydrogen) atoms. The van der Waals surface area contributed by atoms with Crippen LogP contribution in [0.25, 0.3) is 0 Å². The molecule has 0 amide bonds. The molecule has 1 aliphatic heterocycles. The fourth-order valence-corrected chi connectivity index (χ4v) is 3.64. The van der Waals surface area contributed by atoms with Crippen molar-refractivity contribution in [2.45, 2.75) is 37.5 Å². The van der Waals surface area contributed by atoms with Gasteiger partial charge in [-0.3, -0.25) is 4.90 Å². The molecule has 1 fully saturated rings. The quantitative estimate of drug-likeness (QED) is 0.812. The number of aliphatic hydroxyl groups excluding tert-OH is 1. The number of benzene rings is 1. The lowest BCUT2D eigenvalue weighted by Gasteiger charge is -2.32. The van der Waals surface area contributed by atoms with E-state index in [2.05, 4.69) is 12.6 Å². The first-order valence-electron chi connectivity index (χ1n) is 7.55. The molecule has 1 N–H and O–H groups in total. The van der Waals surface area contributed by atoms with Crippen molar-refractivity contribution in [3.63, 3.8) is 0 Å². The van der Waals surface area contributed by atoms with Gasteiger partial charge in [0.1, 0.15) is 5.50 Å². The second-order valence-electron chi connectivity index (χ2n) is 6.40. The van der Waals surface area contributed by atoms with E-state index in [1.54, 1.807) is 11.0 Å². The number of hydrogen-bond acceptors (Lipinski definition) is 5. The van der Waals surface area contributed by atoms with E-state index in [0.29, 0.717) is 25.2 Å². The molecule has 1 saturated heterocycles. The van der Waals surface area contributed by atoms with E-state index in [0.717, 1.165) is 6.07 Å². The summed E-state index contributed by atoms with van der Waals surface area (Å²) in [5.41, 5.74) is -1.65. The molecule has 0 radical (unpaired) electrons. The van der Waals surface area contributed by atoms with E-state index >= 15 is 0 Å². The third kappa shape index (κ3) is 3.63. The second-order valence-corrected chi connectivity index (χ2v) is 6.86. The van der Waals surface area contributed by atoms with Gasteiger partial charge in [0.15, 0.2) is 0 Å². The summed E-state index contributed by atoms with van der Waals surface area (Å²) >= 11 is 4.56. The Morgan fingerprint density at radius 2 is 2.08 bits per heavy atom. The van der Waals surface area contributed by atoms with Crippen LogP contribution in [0.2, 0.25) is 0 Å². The van der Waals surface area contributed by atoms with Gasteiger partial charge in [-0.05, 0) is 38.5 Å². The average Bonchev–Trinajstić information content (AvgIpc) is 2.73. The Labute approximate surface area is 144 Å². The Morgan fingerprint density at radius 1 is 1.42 bits per heavy atom. The number of nitriles is 1. The standard InChI is InChI=1S/C16H20F3N3OS/c1-15(2)10-21(14(24)22(15)6-3-7-23)12-5-4-11(9-20)13(8-12)16(17,18)19/h4-5,8,14,23-24H,3,6-7,10H2,1-2H3. The highest BCUT2D eigenvalue weighted by Crippen LogP contribution is 2.39. The van der Waals surface area contributed by atoms with Crippen molar-refractivity contribution in [1.82, 2.24) is 4.90 Å². The Bertz CT molecular complexity index is 642. The van der Waals surface area contributed by atoms with Crippen molar-refractivity contribution in [2.24, 2.45) is 0 Å². The summed E-state index contributed by atoms with van der Waals surface area (Å²) < 4.78 is 39.5. The molecule has 2 rings (SSSR count). The average molecular weight is 359 g/mol. The van der Waals surface area contributed by atoms with Gasteiger partial charge >= 0.3 is 6.18 Å². The summed E-state index contributed by atoms with van der Waals surface area (Å²) in [7, 11) is 0. The highest BCUT2D eigenvalue weighted by molar-refractivity contribution is 7.81. The zero-order valence-electron chi connectivity index (χ0n) is 13.5. The third-order valence-electron chi connectivity index (χ3n) is 4.21. The molecule has 0 aliphatic carbocycles. The molecule has 1 heterocycles. The maximum absolute atomic E-state index is 13.2. The Balaban J connectivity index is 2.37. The largest absolute Gasteiger partial charge is 0.417 e. The number of halogens is 3. The molecule has 0 aromatic heterocycles. The van der Waals surface area contributed by atoms with Gasteiger partial charge in [-0.15, -0.1) is 12.6 Å². The molecule has 0 saturated carbocycles. The number of hydrogen-bond donors (Lipinski definition) is 2. The summed E-state index contributed by atoms with van der Waals surface area (Å²) in [6, 6.07) is 5.31. The number of aliphatic hydroxyl groups is 1. The summed E-state index contributed by atoms with van der Waals surface area (Å²) in [5, 5.41) is 17.9. The number of anilines is 1. The highest BCUT2D eigenvalue weighted by atomic mass is 32.1. The zero-order chi connectivity index (χ0) is 18.1. The molecule has 132 valence electrons. The van der Waals surface area contributed by atoms with Crippen molar-refractivity contribution >= 4 is 18.3 Å². The van der Waals surface area contributed by atoms with Crippen LogP contribution in [0.5, 0.6) is 0 Å². The first kappa shape index (κ1) is 18.9. The normalized spacial score (nSPS) is 21.1. The van der Waals surface area contributed by atoms with Crippen molar-refractivity contribution in [1.29, 1.82) is 5.26 Å². The summed E-state index contributed by atoms with van der Waals surface area (Å²) in [6.07, 6.45) is -4.02. The summed E-state index contributed by atoms with van der Waals surface area (Å²) in [4.78, 5) is 3.81. The molecule has 1 aromatic carbocycles. The minimum atomic E-state index is -4.58. The summed E-state index contributed by atoms with van der Waals surface area (Å²) in [6.45, 7) is 5.11. The van der Waals surface area contributed by atoms with Crippen LogP contribution in [0.3, 0.4) is 0 Å². The van der Waals surface area contributed by atoms with Crippen LogP contribution in [0.1, 0.15) is 31.4 Å². The van der Waals surface area contributed by atoms with Crippen molar-refractivity contribution in [3.8, 4) is 6.07 Å². The lowest BCUT2D eigenvalue weighted by atomic mass is 10.0. The van der Waals surface area contributed by atoms with Crippen LogP contribution < -0.4 is 4.90 Å². The van der Waals surface area contributed by atoms with Gasteiger partial charge < -0.3 is 10.0 Å². The fourth-order valence-electron chi connectivity index (χ4n) is 3.00. The van der Waals surface area contributed by atoms with Gasteiger partial charge in [0.05, 0.1) is 17.2 Å². The predicted octanol–water partition coefficient (Wildman–Crippen LogP) is 3.07. The summed E-state index contributed by atoms with van der Waals surface area (Å²) in [5.74, 6) is 0. The molecular weight excluding hydrogens is 339 g/mol. The molecule has 1 atom stereocenters. The van der Waals surface area contributed by atoms with Crippen LogP contribution in [0.15, 0.2) is 18.2 Å². The van der Waals surface area contributed by atoms with Crippen molar-refractivity contribution in [2.75, 3.05) is 24.6 Å². The Morgan fingerprint density at radius 3 is 2.62 bits per heavy atom. The van der Waals surface area contributed by atoms with Crippen molar-refractivity contribution < 1.29 is 18.3 Å². The maximum Gasteiger partial charge on any atom is 0.417 e. The topological polar surface area (TPSA) is 50.5 Å². The van der Waals surface area contributed by atoms with Gasteiger partial charge in [-0.25, -0.2) is 0 Å².